The molecule has 1 aromatic carbocycles. The zero-order valence-electron chi connectivity index (χ0n) is 16.0. The Labute approximate surface area is 160 Å². The fourth-order valence-corrected chi connectivity index (χ4v) is 3.34. The summed E-state index contributed by atoms with van der Waals surface area (Å²) in [5.74, 6) is 1.71. The van der Waals surface area contributed by atoms with Gasteiger partial charge >= 0.3 is 6.03 Å². The number of likely N-dealkylation sites (N-methyl/N-ethyl adjacent to an activating group) is 1. The molecule has 0 unspecified atom stereocenters. The second-order valence-electron chi connectivity index (χ2n) is 6.76. The van der Waals surface area contributed by atoms with E-state index in [-0.39, 0.29) is 12.1 Å². The minimum atomic E-state index is -0.0329. The number of aromatic nitrogens is 2. The van der Waals surface area contributed by atoms with Crippen LogP contribution in [-0.2, 0) is 6.42 Å². The number of ether oxygens (including phenoxy) is 1. The molecule has 1 fully saturated rings. The zero-order valence-corrected chi connectivity index (χ0v) is 16.0. The summed E-state index contributed by atoms with van der Waals surface area (Å²) in [5.41, 5.74) is 1.17. The van der Waals surface area contributed by atoms with Gasteiger partial charge in [-0.25, -0.2) is 4.79 Å². The van der Waals surface area contributed by atoms with Crippen LogP contribution in [0.15, 0.2) is 42.6 Å². The first-order chi connectivity index (χ1) is 13.2. The lowest BCUT2D eigenvalue weighted by molar-refractivity contribution is 0.182. The number of carbonyl (C=O) groups is 1. The van der Waals surface area contributed by atoms with Gasteiger partial charge in [0.2, 0.25) is 0 Å². The zero-order chi connectivity index (χ0) is 19.1. The summed E-state index contributed by atoms with van der Waals surface area (Å²) in [6.45, 7) is 2.33. The van der Waals surface area contributed by atoms with Crippen LogP contribution in [0, 0.1) is 0 Å². The van der Waals surface area contributed by atoms with Crippen molar-refractivity contribution >= 4 is 11.8 Å². The number of anilines is 1. The van der Waals surface area contributed by atoms with Crippen LogP contribution >= 0.6 is 0 Å². The first kappa shape index (κ1) is 18.9. The first-order valence-electron chi connectivity index (χ1n) is 9.33. The second-order valence-corrected chi connectivity index (χ2v) is 6.76. The molecule has 2 aromatic rings. The van der Waals surface area contributed by atoms with Crippen LogP contribution in [0.5, 0.6) is 5.75 Å². The molecule has 1 aliphatic heterocycles. The lowest BCUT2D eigenvalue weighted by Gasteiger charge is -2.37. The number of hydrogen-bond donors (Lipinski definition) is 1. The van der Waals surface area contributed by atoms with E-state index >= 15 is 0 Å². The topological polar surface area (TPSA) is 70.6 Å². The molecule has 2 amide bonds. The standard InChI is InChI=1S/C20H27N5O2/c1-24(17-5-4-14-25(15-17)19-6-3-12-22-23-19)20(26)21-13-11-16-7-9-18(27-2)10-8-16/h3,6-10,12,17H,4-5,11,13-15H2,1-2H3,(H,21,26)/t17-/m1/s1. The van der Waals surface area contributed by atoms with Crippen molar-refractivity contribution < 1.29 is 9.53 Å². The monoisotopic (exact) mass is 369 g/mol. The van der Waals surface area contributed by atoms with E-state index < -0.39 is 0 Å². The number of amides is 2. The van der Waals surface area contributed by atoms with Crippen LogP contribution < -0.4 is 15.0 Å². The Morgan fingerprint density at radius 3 is 2.85 bits per heavy atom. The summed E-state index contributed by atoms with van der Waals surface area (Å²) in [5, 5.41) is 11.2. The van der Waals surface area contributed by atoms with Crippen LogP contribution in [0.4, 0.5) is 10.6 Å². The van der Waals surface area contributed by atoms with E-state index in [4.69, 9.17) is 4.74 Å². The largest absolute Gasteiger partial charge is 0.497 e. The van der Waals surface area contributed by atoms with E-state index in [9.17, 15) is 4.79 Å². The summed E-state index contributed by atoms with van der Waals surface area (Å²) < 4.78 is 5.16. The number of benzene rings is 1. The van der Waals surface area contributed by atoms with Gasteiger partial charge in [0.15, 0.2) is 5.82 Å². The predicted octanol–water partition coefficient (Wildman–Crippen LogP) is 2.34. The highest BCUT2D eigenvalue weighted by molar-refractivity contribution is 5.74. The van der Waals surface area contributed by atoms with E-state index in [0.717, 1.165) is 43.9 Å². The number of urea groups is 1. The number of methoxy groups -OCH3 is 1. The minimum Gasteiger partial charge on any atom is -0.497 e. The van der Waals surface area contributed by atoms with Crippen molar-refractivity contribution in [1.29, 1.82) is 0 Å². The number of rotatable bonds is 6. The van der Waals surface area contributed by atoms with Gasteiger partial charge in [-0.1, -0.05) is 12.1 Å². The lowest BCUT2D eigenvalue weighted by atomic mass is 10.0. The van der Waals surface area contributed by atoms with Crippen molar-refractivity contribution in [2.75, 3.05) is 38.7 Å². The van der Waals surface area contributed by atoms with Crippen LogP contribution in [0.25, 0.3) is 0 Å². The number of carbonyl (C=O) groups excluding carboxylic acids is 1. The van der Waals surface area contributed by atoms with E-state index in [1.807, 2.05) is 48.3 Å². The molecule has 7 nitrogen and oxygen atoms in total. The summed E-state index contributed by atoms with van der Waals surface area (Å²) in [6, 6.07) is 11.9. The van der Waals surface area contributed by atoms with E-state index in [2.05, 4.69) is 20.4 Å². The Balaban J connectivity index is 1.47. The molecule has 1 N–H and O–H groups in total. The minimum absolute atomic E-state index is 0.0329. The molecule has 0 aliphatic carbocycles. The maximum Gasteiger partial charge on any atom is 0.317 e. The molecule has 2 heterocycles. The molecule has 0 radical (unpaired) electrons. The molecule has 3 rings (SSSR count). The Kier molecular flexibility index (Phi) is 6.46. The molecular formula is C20H27N5O2. The third kappa shape index (κ3) is 5.09. The molecule has 0 bridgehead atoms. The van der Waals surface area contributed by atoms with Gasteiger partial charge in [0.05, 0.1) is 13.2 Å². The lowest BCUT2D eigenvalue weighted by Crippen LogP contribution is -2.51. The molecule has 144 valence electrons. The van der Waals surface area contributed by atoms with Gasteiger partial charge in [0.1, 0.15) is 5.75 Å². The Morgan fingerprint density at radius 1 is 1.33 bits per heavy atom. The Hall–Kier alpha value is -2.83. The number of nitrogens with one attached hydrogen (secondary N) is 1. The van der Waals surface area contributed by atoms with Gasteiger partial charge < -0.3 is 19.9 Å². The molecule has 1 atom stereocenters. The predicted molar refractivity (Wildman–Crippen MR) is 105 cm³/mol. The highest BCUT2D eigenvalue weighted by Crippen LogP contribution is 2.19. The summed E-state index contributed by atoms with van der Waals surface area (Å²) >= 11 is 0. The van der Waals surface area contributed by atoms with Crippen molar-refractivity contribution in [3.63, 3.8) is 0 Å². The van der Waals surface area contributed by atoms with Gasteiger partial charge in [-0.3, -0.25) is 0 Å². The fourth-order valence-electron chi connectivity index (χ4n) is 3.34. The van der Waals surface area contributed by atoms with Gasteiger partial charge in [-0.15, -0.1) is 5.10 Å². The Bertz CT molecular complexity index is 723. The maximum absolute atomic E-state index is 12.5. The van der Waals surface area contributed by atoms with Crippen molar-refractivity contribution in [1.82, 2.24) is 20.4 Å². The SMILES string of the molecule is COc1ccc(CCNC(=O)N(C)[C@@H]2CCCN(c3cccnn3)C2)cc1. The van der Waals surface area contributed by atoms with Gasteiger partial charge in [0, 0.05) is 32.9 Å². The smallest absolute Gasteiger partial charge is 0.317 e. The first-order valence-corrected chi connectivity index (χ1v) is 9.33. The average Bonchev–Trinajstić information content (AvgIpc) is 2.74. The third-order valence-corrected chi connectivity index (χ3v) is 5.00. The molecule has 0 spiro atoms. The van der Waals surface area contributed by atoms with Crippen LogP contribution in [0.1, 0.15) is 18.4 Å². The maximum atomic E-state index is 12.5. The highest BCUT2D eigenvalue weighted by atomic mass is 16.5. The van der Waals surface area contributed by atoms with Crippen molar-refractivity contribution in [2.24, 2.45) is 0 Å². The molecule has 0 saturated carbocycles. The van der Waals surface area contributed by atoms with Gasteiger partial charge in [-0.05, 0) is 49.1 Å². The Morgan fingerprint density at radius 2 is 2.15 bits per heavy atom. The van der Waals surface area contributed by atoms with E-state index in [1.54, 1.807) is 13.3 Å². The second kappa shape index (κ2) is 9.21. The fraction of sp³-hybridized carbons (Fsp3) is 0.450. The highest BCUT2D eigenvalue weighted by Gasteiger charge is 2.26. The van der Waals surface area contributed by atoms with Crippen LogP contribution in [0.2, 0.25) is 0 Å². The molecule has 27 heavy (non-hydrogen) atoms. The number of hydrogen-bond acceptors (Lipinski definition) is 5. The molecule has 7 heteroatoms. The van der Waals surface area contributed by atoms with Crippen molar-refractivity contribution in [3.8, 4) is 5.75 Å². The van der Waals surface area contributed by atoms with Crippen molar-refractivity contribution in [2.45, 2.75) is 25.3 Å². The third-order valence-electron chi connectivity index (χ3n) is 5.00. The van der Waals surface area contributed by atoms with Crippen LogP contribution in [-0.4, -0.2) is 61.0 Å². The molecular weight excluding hydrogens is 342 g/mol. The summed E-state index contributed by atoms with van der Waals surface area (Å²) in [7, 11) is 3.52. The van der Waals surface area contributed by atoms with Crippen molar-refractivity contribution in [3.05, 3.63) is 48.2 Å². The molecule has 1 saturated heterocycles. The molecule has 1 aromatic heterocycles. The van der Waals surface area contributed by atoms with Gasteiger partial charge in [-0.2, -0.15) is 5.10 Å². The number of piperidine rings is 1. The quantitative estimate of drug-likeness (QED) is 0.846. The van der Waals surface area contributed by atoms with Crippen LogP contribution in [0.3, 0.4) is 0 Å². The number of nitrogens with zero attached hydrogens (tertiary/aromatic N) is 4. The molecule has 1 aliphatic rings. The van der Waals surface area contributed by atoms with Gasteiger partial charge in [0.25, 0.3) is 0 Å². The van der Waals surface area contributed by atoms with E-state index in [0.29, 0.717) is 6.54 Å². The summed E-state index contributed by atoms with van der Waals surface area (Å²) in [4.78, 5) is 16.5. The average molecular weight is 369 g/mol. The van der Waals surface area contributed by atoms with E-state index in [1.165, 1.54) is 5.56 Å². The normalized spacial score (nSPS) is 16.7. The summed E-state index contributed by atoms with van der Waals surface area (Å²) in [6.07, 6.45) is 4.50.